The number of nitrogens with zero attached hydrogens (tertiary/aromatic N) is 2. The number of nitrogens with one attached hydrogen (secondary N) is 1. The van der Waals surface area contributed by atoms with Crippen LogP contribution in [0.2, 0.25) is 10.0 Å². The second-order valence-corrected chi connectivity index (χ2v) is 10.8. The van der Waals surface area contributed by atoms with Crippen molar-refractivity contribution in [2.45, 2.75) is 17.7 Å². The highest BCUT2D eigenvalue weighted by molar-refractivity contribution is 7.89. The minimum absolute atomic E-state index is 0.0579. The van der Waals surface area contributed by atoms with Crippen LogP contribution in [0.3, 0.4) is 0 Å². The first-order chi connectivity index (χ1) is 17.5. The molecule has 0 saturated carbocycles. The molecule has 4 aromatic rings. The van der Waals surface area contributed by atoms with E-state index in [0.29, 0.717) is 35.5 Å². The van der Waals surface area contributed by atoms with Gasteiger partial charge in [-0.15, -0.1) is 0 Å². The highest BCUT2D eigenvalue weighted by Gasteiger charge is 2.28. The number of carbonyl (C=O) groups excluding carboxylic acids is 2. The molecule has 2 amide bonds. The Hall–Kier alpha value is -3.70. The normalized spacial score (nSPS) is 12.5. The minimum Gasteiger partial charge on any atom is -0.364 e. The van der Waals surface area contributed by atoms with Crippen molar-refractivity contribution in [3.8, 4) is 16.9 Å². The fourth-order valence-corrected chi connectivity index (χ4v) is 5.26. The number of hydrogen-bond acceptors (Lipinski definition) is 5. The van der Waals surface area contributed by atoms with Crippen LogP contribution in [0.4, 0.5) is 5.69 Å². The number of aromatic nitrogens is 2. The summed E-state index contributed by atoms with van der Waals surface area (Å²) in [6, 6.07) is 16.0. The van der Waals surface area contributed by atoms with Gasteiger partial charge in [0, 0.05) is 16.8 Å². The van der Waals surface area contributed by atoms with Gasteiger partial charge >= 0.3 is 0 Å². The SMILES string of the molecule is NC(=O)c1nn(-c2ccc(S(N)(=O)=O)cc2)c2c1CCc1ccc(NC(=O)c3cccc(Cl)c3Cl)cc1-2. The number of primary sulfonamides is 1. The molecule has 1 heterocycles. The Morgan fingerprint density at radius 1 is 1.00 bits per heavy atom. The van der Waals surface area contributed by atoms with E-state index in [2.05, 4.69) is 10.4 Å². The summed E-state index contributed by atoms with van der Waals surface area (Å²) in [7, 11) is -3.88. The van der Waals surface area contributed by atoms with E-state index in [-0.39, 0.29) is 26.2 Å². The summed E-state index contributed by atoms with van der Waals surface area (Å²) in [5, 5.41) is 12.9. The first kappa shape index (κ1) is 25.0. The Labute approximate surface area is 222 Å². The van der Waals surface area contributed by atoms with E-state index in [9.17, 15) is 18.0 Å². The number of nitrogens with two attached hydrogens (primary N) is 2. The largest absolute Gasteiger partial charge is 0.364 e. The van der Waals surface area contributed by atoms with Gasteiger partial charge in [-0.2, -0.15) is 5.10 Å². The molecule has 9 nitrogen and oxygen atoms in total. The Bertz CT molecular complexity index is 1700. The number of fused-ring (bicyclic) bond motifs is 3. The zero-order valence-electron chi connectivity index (χ0n) is 19.0. The topological polar surface area (TPSA) is 150 Å². The lowest BCUT2D eigenvalue weighted by Gasteiger charge is -2.20. The number of primary amides is 1. The number of carbonyl (C=O) groups is 2. The van der Waals surface area contributed by atoms with Crippen LogP contribution >= 0.6 is 23.2 Å². The Kier molecular flexibility index (Phi) is 6.28. The highest BCUT2D eigenvalue weighted by Crippen LogP contribution is 2.38. The molecule has 0 bridgehead atoms. The van der Waals surface area contributed by atoms with Gasteiger partial charge in [-0.05, 0) is 66.9 Å². The third kappa shape index (κ3) is 4.60. The summed E-state index contributed by atoms with van der Waals surface area (Å²) < 4.78 is 24.9. The number of aryl methyl sites for hydroxylation is 1. The molecule has 1 aromatic heterocycles. The monoisotopic (exact) mass is 555 g/mol. The van der Waals surface area contributed by atoms with Crippen molar-refractivity contribution in [2.24, 2.45) is 10.9 Å². The fraction of sp³-hybridized carbons (Fsp3) is 0.0800. The van der Waals surface area contributed by atoms with Crippen LogP contribution in [0.1, 0.15) is 32.0 Å². The summed E-state index contributed by atoms with van der Waals surface area (Å²) in [6.45, 7) is 0. The molecule has 37 heavy (non-hydrogen) atoms. The smallest absolute Gasteiger partial charge is 0.269 e. The highest BCUT2D eigenvalue weighted by atomic mass is 35.5. The first-order valence-corrected chi connectivity index (χ1v) is 13.3. The van der Waals surface area contributed by atoms with Crippen molar-refractivity contribution in [1.29, 1.82) is 0 Å². The van der Waals surface area contributed by atoms with Crippen molar-refractivity contribution < 1.29 is 18.0 Å². The molecular weight excluding hydrogens is 537 g/mol. The predicted molar refractivity (Wildman–Crippen MR) is 141 cm³/mol. The molecule has 0 aliphatic heterocycles. The van der Waals surface area contributed by atoms with Crippen LogP contribution in [-0.4, -0.2) is 30.0 Å². The van der Waals surface area contributed by atoms with Crippen molar-refractivity contribution in [2.75, 3.05) is 5.32 Å². The lowest BCUT2D eigenvalue weighted by Crippen LogP contribution is -2.16. The van der Waals surface area contributed by atoms with Gasteiger partial charge in [0.2, 0.25) is 10.0 Å². The Morgan fingerprint density at radius 3 is 2.41 bits per heavy atom. The molecule has 0 saturated heterocycles. The van der Waals surface area contributed by atoms with E-state index >= 15 is 0 Å². The van der Waals surface area contributed by atoms with Gasteiger partial charge < -0.3 is 11.1 Å². The third-order valence-corrected chi connectivity index (χ3v) is 7.84. The standard InChI is InChI=1S/C25H19Cl2N5O4S/c26-20-3-1-2-17(21(20)27)25(34)30-14-6-4-13-5-11-18-22(24(28)33)31-32(23(18)19(13)12-14)15-7-9-16(10-8-15)37(29,35)36/h1-4,6-10,12H,5,11H2,(H2,28,33)(H,30,34)(H2,29,35,36). The maximum Gasteiger partial charge on any atom is 0.269 e. The van der Waals surface area contributed by atoms with E-state index in [1.165, 1.54) is 12.1 Å². The second-order valence-electron chi connectivity index (χ2n) is 8.42. The van der Waals surface area contributed by atoms with Crippen molar-refractivity contribution in [3.63, 3.8) is 0 Å². The maximum absolute atomic E-state index is 12.9. The molecule has 1 aliphatic rings. The predicted octanol–water partition coefficient (Wildman–Crippen LogP) is 3.94. The van der Waals surface area contributed by atoms with Gasteiger partial charge in [-0.3, -0.25) is 9.59 Å². The lowest BCUT2D eigenvalue weighted by atomic mass is 9.88. The van der Waals surface area contributed by atoms with Gasteiger partial charge in [0.1, 0.15) is 0 Å². The van der Waals surface area contributed by atoms with Crippen molar-refractivity contribution in [1.82, 2.24) is 9.78 Å². The van der Waals surface area contributed by atoms with Crippen molar-refractivity contribution in [3.05, 3.63) is 93.1 Å². The quantitative estimate of drug-likeness (QED) is 0.340. The van der Waals surface area contributed by atoms with E-state index in [0.717, 1.165) is 11.1 Å². The van der Waals surface area contributed by atoms with Crippen LogP contribution in [0.15, 0.2) is 65.6 Å². The molecule has 1 aliphatic carbocycles. The fourth-order valence-electron chi connectivity index (χ4n) is 4.36. The number of halogens is 2. The lowest BCUT2D eigenvalue weighted by molar-refractivity contribution is 0.0992. The molecule has 12 heteroatoms. The van der Waals surface area contributed by atoms with Crippen LogP contribution < -0.4 is 16.2 Å². The summed E-state index contributed by atoms with van der Waals surface area (Å²) in [5.74, 6) is -1.12. The number of sulfonamides is 1. The second kappa shape index (κ2) is 9.31. The summed E-state index contributed by atoms with van der Waals surface area (Å²) in [4.78, 5) is 25.1. The average Bonchev–Trinajstić information content (AvgIpc) is 3.26. The Morgan fingerprint density at radius 2 is 1.73 bits per heavy atom. The molecule has 0 unspecified atom stereocenters. The van der Waals surface area contributed by atoms with E-state index in [1.807, 2.05) is 6.07 Å². The molecular formula is C25H19Cl2N5O4S. The summed E-state index contributed by atoms with van der Waals surface area (Å²) in [6.07, 6.45) is 1.16. The van der Waals surface area contributed by atoms with E-state index < -0.39 is 21.8 Å². The molecule has 0 radical (unpaired) electrons. The molecule has 3 aromatic carbocycles. The number of rotatable bonds is 5. The average molecular weight is 556 g/mol. The van der Waals surface area contributed by atoms with E-state index in [1.54, 1.807) is 47.1 Å². The van der Waals surface area contributed by atoms with Gasteiger partial charge in [-0.1, -0.05) is 35.3 Å². The zero-order chi connectivity index (χ0) is 26.5. The van der Waals surface area contributed by atoms with Gasteiger partial charge in [0.15, 0.2) is 5.69 Å². The number of benzene rings is 3. The van der Waals surface area contributed by atoms with Crippen LogP contribution in [-0.2, 0) is 22.9 Å². The molecule has 0 atom stereocenters. The molecule has 5 rings (SSSR count). The minimum atomic E-state index is -3.88. The number of amides is 2. The van der Waals surface area contributed by atoms with Crippen molar-refractivity contribution >= 4 is 50.7 Å². The van der Waals surface area contributed by atoms with Crippen LogP contribution in [0.5, 0.6) is 0 Å². The summed E-state index contributed by atoms with van der Waals surface area (Å²) >= 11 is 12.3. The zero-order valence-corrected chi connectivity index (χ0v) is 21.4. The molecule has 0 fully saturated rings. The molecule has 0 spiro atoms. The molecule has 5 N–H and O–H groups in total. The van der Waals surface area contributed by atoms with Gasteiger partial charge in [0.05, 0.1) is 31.9 Å². The summed E-state index contributed by atoms with van der Waals surface area (Å²) in [5.41, 5.74) is 9.97. The van der Waals surface area contributed by atoms with Gasteiger partial charge in [-0.25, -0.2) is 18.2 Å². The first-order valence-electron chi connectivity index (χ1n) is 11.0. The maximum atomic E-state index is 12.9. The van der Waals surface area contributed by atoms with Crippen LogP contribution in [0, 0.1) is 0 Å². The Balaban J connectivity index is 1.60. The van der Waals surface area contributed by atoms with E-state index in [4.69, 9.17) is 34.1 Å². The molecule has 188 valence electrons. The number of hydrogen-bond donors (Lipinski definition) is 3. The van der Waals surface area contributed by atoms with Gasteiger partial charge in [0.25, 0.3) is 11.8 Å². The van der Waals surface area contributed by atoms with Crippen LogP contribution in [0.25, 0.3) is 16.9 Å². The number of anilines is 1. The third-order valence-electron chi connectivity index (χ3n) is 6.09.